The largest absolute Gasteiger partial charge is 0.404 e. The van der Waals surface area contributed by atoms with Crippen molar-refractivity contribution in [3.63, 3.8) is 0 Å². The molecule has 6 N–H and O–H groups in total. The minimum Gasteiger partial charge on any atom is -0.404 e. The monoisotopic (exact) mass is 504 g/mol. The van der Waals surface area contributed by atoms with Gasteiger partial charge in [0, 0.05) is 23.5 Å². The summed E-state index contributed by atoms with van der Waals surface area (Å²) < 4.78 is 0. The average Bonchev–Trinajstić information content (AvgIpc) is 3.21. The van der Waals surface area contributed by atoms with Crippen LogP contribution in [-0.2, 0) is 9.59 Å². The van der Waals surface area contributed by atoms with E-state index in [4.69, 9.17) is 5.73 Å². The Bertz CT molecular complexity index is 1160. The molecule has 2 saturated carbocycles. The van der Waals surface area contributed by atoms with Crippen molar-refractivity contribution in [2.24, 2.45) is 11.7 Å². The molecule has 2 heterocycles. The first-order valence-electron chi connectivity index (χ1n) is 13.2. The third-order valence-corrected chi connectivity index (χ3v) is 7.29. The number of carbonyl (C=O) groups is 2. The molecule has 2 aliphatic carbocycles. The molecular formula is C28H38N7O2+. The molecule has 2 fully saturated rings. The molecule has 2 aromatic rings. The van der Waals surface area contributed by atoms with Crippen LogP contribution in [0.5, 0.6) is 0 Å². The van der Waals surface area contributed by atoms with Crippen molar-refractivity contribution in [3.05, 3.63) is 53.6 Å². The third-order valence-electron chi connectivity index (χ3n) is 7.29. The summed E-state index contributed by atoms with van der Waals surface area (Å²) in [5.41, 5.74) is 11.5. The van der Waals surface area contributed by atoms with E-state index in [1.165, 1.54) is 18.2 Å². The van der Waals surface area contributed by atoms with Crippen molar-refractivity contribution in [2.75, 3.05) is 11.9 Å². The Morgan fingerprint density at radius 2 is 1.97 bits per heavy atom. The molecule has 1 atom stereocenters. The SMILES string of the molecule is Cc1n[nH]c(C)c1-c1ccc(NC(=O)[C@@H](NC(=O)C(/C=C\N)=[NH+]CC=C2CCC2)C2CCCCC2)cn1. The molecule has 0 radical (unpaired) electrons. The van der Waals surface area contributed by atoms with Crippen molar-refractivity contribution >= 4 is 23.2 Å². The van der Waals surface area contributed by atoms with Crippen molar-refractivity contribution in [1.29, 1.82) is 0 Å². The van der Waals surface area contributed by atoms with Crippen LogP contribution in [0.25, 0.3) is 11.3 Å². The van der Waals surface area contributed by atoms with E-state index < -0.39 is 6.04 Å². The number of aromatic nitrogens is 3. The van der Waals surface area contributed by atoms with Gasteiger partial charge < -0.3 is 16.4 Å². The molecule has 9 nitrogen and oxygen atoms in total. The number of nitrogens with one attached hydrogen (secondary N) is 4. The molecule has 0 aliphatic heterocycles. The number of nitrogens with zero attached hydrogens (tertiary/aromatic N) is 2. The van der Waals surface area contributed by atoms with Crippen LogP contribution in [0.1, 0.15) is 62.8 Å². The van der Waals surface area contributed by atoms with E-state index in [1.54, 1.807) is 12.3 Å². The van der Waals surface area contributed by atoms with Crippen LogP contribution in [0, 0.1) is 19.8 Å². The molecule has 0 spiro atoms. The minimum atomic E-state index is -0.654. The minimum absolute atomic E-state index is 0.0707. The third kappa shape index (κ3) is 6.72. The van der Waals surface area contributed by atoms with Gasteiger partial charge in [0.2, 0.25) is 5.91 Å². The molecule has 2 aromatic heterocycles. The number of amides is 2. The second-order valence-electron chi connectivity index (χ2n) is 9.95. The van der Waals surface area contributed by atoms with Crippen LogP contribution in [-0.4, -0.2) is 45.3 Å². The first-order valence-corrected chi connectivity index (χ1v) is 13.2. The number of carbonyl (C=O) groups excluding carboxylic acids is 2. The number of H-pyrrole nitrogens is 1. The summed E-state index contributed by atoms with van der Waals surface area (Å²) in [6.07, 6.45) is 15.2. The summed E-state index contributed by atoms with van der Waals surface area (Å²) in [7, 11) is 0. The standard InChI is InChI=1S/C28H37N7O2/c1-18-25(19(2)35-34-18)23-12-11-22(17-31-23)32-28(37)26(21-9-4-3-5-10-21)33-27(36)24(13-15-29)30-16-14-20-7-6-8-20/h11-15,17,21,26H,3-10,16,29H2,1-2H3,(H,32,37)(H,33,36)(H,34,35)/p+1/b15-13-,30-24?/t26-/m0/s1. The van der Waals surface area contributed by atoms with Crippen molar-refractivity contribution in [1.82, 2.24) is 20.5 Å². The Hall–Kier alpha value is -3.75. The first-order chi connectivity index (χ1) is 18.0. The molecule has 2 aliphatic rings. The van der Waals surface area contributed by atoms with Gasteiger partial charge in [0.25, 0.3) is 5.71 Å². The molecule has 0 bridgehead atoms. The number of pyridine rings is 1. The van der Waals surface area contributed by atoms with E-state index in [1.807, 2.05) is 26.0 Å². The second-order valence-corrected chi connectivity index (χ2v) is 9.95. The topological polar surface area (TPSA) is 140 Å². The van der Waals surface area contributed by atoms with E-state index in [0.29, 0.717) is 17.9 Å². The van der Waals surface area contributed by atoms with Gasteiger partial charge in [-0.2, -0.15) is 5.10 Å². The summed E-state index contributed by atoms with van der Waals surface area (Å²) in [6.45, 7) is 4.43. The number of hydrogen-bond donors (Lipinski definition) is 5. The Balaban J connectivity index is 1.47. The molecule has 9 heteroatoms. The van der Waals surface area contributed by atoms with E-state index in [2.05, 4.69) is 36.9 Å². The van der Waals surface area contributed by atoms with Crippen LogP contribution < -0.4 is 21.4 Å². The van der Waals surface area contributed by atoms with Gasteiger partial charge in [-0.3, -0.25) is 19.7 Å². The van der Waals surface area contributed by atoms with Gasteiger partial charge in [0.1, 0.15) is 6.04 Å². The second kappa shape index (κ2) is 12.5. The van der Waals surface area contributed by atoms with E-state index >= 15 is 0 Å². The van der Waals surface area contributed by atoms with Gasteiger partial charge in [0.05, 0.1) is 23.3 Å². The van der Waals surface area contributed by atoms with Crippen LogP contribution in [0.3, 0.4) is 0 Å². The maximum absolute atomic E-state index is 13.4. The molecule has 0 saturated heterocycles. The van der Waals surface area contributed by atoms with Gasteiger partial charge in [-0.05, 0) is 70.1 Å². The zero-order valence-electron chi connectivity index (χ0n) is 21.8. The van der Waals surface area contributed by atoms with Crippen molar-refractivity contribution < 1.29 is 14.6 Å². The van der Waals surface area contributed by atoms with Crippen LogP contribution >= 0.6 is 0 Å². The lowest BCUT2D eigenvalue weighted by Gasteiger charge is -2.29. The molecule has 0 unspecified atom stereocenters. The number of hydrogen-bond acceptors (Lipinski definition) is 5. The normalized spacial score (nSPS) is 17.4. The summed E-state index contributed by atoms with van der Waals surface area (Å²) in [5, 5.41) is 13.2. The van der Waals surface area contributed by atoms with E-state index in [9.17, 15) is 9.59 Å². The Morgan fingerprint density at radius 3 is 2.57 bits per heavy atom. The van der Waals surface area contributed by atoms with Crippen LogP contribution in [0.15, 0.2) is 42.3 Å². The van der Waals surface area contributed by atoms with E-state index in [-0.39, 0.29) is 17.7 Å². The van der Waals surface area contributed by atoms with Crippen molar-refractivity contribution in [3.8, 4) is 11.3 Å². The van der Waals surface area contributed by atoms with Gasteiger partial charge in [-0.1, -0.05) is 24.8 Å². The van der Waals surface area contributed by atoms with Gasteiger partial charge in [0.15, 0.2) is 6.54 Å². The lowest BCUT2D eigenvalue weighted by Crippen LogP contribution is -2.75. The first kappa shape index (κ1) is 26.3. The number of aromatic amines is 1. The maximum atomic E-state index is 13.4. The smallest absolute Gasteiger partial charge is 0.316 e. The molecule has 2 amide bonds. The quantitative estimate of drug-likeness (QED) is 0.263. The predicted molar refractivity (Wildman–Crippen MR) is 145 cm³/mol. The fourth-order valence-electron chi connectivity index (χ4n) is 5.05. The highest BCUT2D eigenvalue weighted by atomic mass is 16.2. The summed E-state index contributed by atoms with van der Waals surface area (Å²) in [4.78, 5) is 34.3. The number of aryl methyl sites for hydroxylation is 2. The fourth-order valence-corrected chi connectivity index (χ4v) is 5.05. The van der Waals surface area contributed by atoms with Gasteiger partial charge in [-0.15, -0.1) is 0 Å². The number of allylic oxidation sites excluding steroid dienone is 1. The molecule has 0 aromatic carbocycles. The lowest BCUT2D eigenvalue weighted by molar-refractivity contribution is -0.442. The zero-order valence-corrected chi connectivity index (χ0v) is 21.8. The summed E-state index contributed by atoms with van der Waals surface area (Å²) in [5.74, 6) is -0.502. The molecular weight excluding hydrogens is 466 g/mol. The fraction of sp³-hybridized carbons (Fsp3) is 0.464. The predicted octanol–water partition coefficient (Wildman–Crippen LogP) is 2.20. The Labute approximate surface area is 218 Å². The van der Waals surface area contributed by atoms with Crippen LogP contribution in [0.4, 0.5) is 5.69 Å². The number of anilines is 1. The van der Waals surface area contributed by atoms with Gasteiger partial charge >= 0.3 is 5.91 Å². The van der Waals surface area contributed by atoms with Crippen molar-refractivity contribution in [2.45, 2.75) is 71.3 Å². The highest BCUT2D eigenvalue weighted by molar-refractivity contribution is 6.41. The average molecular weight is 505 g/mol. The summed E-state index contributed by atoms with van der Waals surface area (Å²) >= 11 is 0. The van der Waals surface area contributed by atoms with E-state index in [0.717, 1.165) is 67.6 Å². The van der Waals surface area contributed by atoms with Crippen LogP contribution in [0.2, 0.25) is 0 Å². The Kier molecular flexibility index (Phi) is 8.87. The zero-order chi connectivity index (χ0) is 26.2. The lowest BCUT2D eigenvalue weighted by atomic mass is 9.83. The highest BCUT2D eigenvalue weighted by Gasteiger charge is 2.33. The summed E-state index contributed by atoms with van der Waals surface area (Å²) in [6, 6.07) is 3.04. The number of nitrogens with two attached hydrogens (primary N) is 1. The molecule has 196 valence electrons. The molecule has 37 heavy (non-hydrogen) atoms. The highest BCUT2D eigenvalue weighted by Crippen LogP contribution is 2.28. The molecule has 4 rings (SSSR count). The maximum Gasteiger partial charge on any atom is 0.316 e. The number of rotatable bonds is 9. The van der Waals surface area contributed by atoms with Gasteiger partial charge in [-0.25, -0.2) is 4.99 Å². The Morgan fingerprint density at radius 1 is 1.19 bits per heavy atom.